The molecule has 0 radical (unpaired) electrons. The summed E-state index contributed by atoms with van der Waals surface area (Å²) < 4.78 is 0. The van der Waals surface area contributed by atoms with E-state index in [2.05, 4.69) is 4.90 Å². The van der Waals surface area contributed by atoms with Crippen molar-refractivity contribution in [3.63, 3.8) is 0 Å². The van der Waals surface area contributed by atoms with E-state index in [4.69, 9.17) is 11.5 Å². The number of carbonyl (C=O) groups is 1. The third-order valence-electron chi connectivity index (χ3n) is 3.48. The molecule has 0 aromatic carbocycles. The number of carbonyl (C=O) groups excluding carboxylic acids is 1. The number of hydrogen-bond donors (Lipinski definition) is 2. The molecule has 4 heteroatoms. The van der Waals surface area contributed by atoms with Crippen molar-refractivity contribution in [2.24, 2.45) is 17.4 Å². The topological polar surface area (TPSA) is 72.3 Å². The normalized spacial score (nSPS) is 43.5. The first-order valence-corrected chi connectivity index (χ1v) is 4.90. The van der Waals surface area contributed by atoms with Crippen molar-refractivity contribution >= 4 is 5.91 Å². The first kappa shape index (κ1) is 8.97. The number of nitrogens with zero attached hydrogens (tertiary/aromatic N) is 1. The van der Waals surface area contributed by atoms with Gasteiger partial charge in [0.05, 0.1) is 0 Å². The molecule has 0 aliphatic carbocycles. The molecule has 2 saturated heterocycles. The van der Waals surface area contributed by atoms with E-state index in [0.29, 0.717) is 12.3 Å². The quantitative estimate of drug-likeness (QED) is 0.593. The molecule has 2 bridgehead atoms. The van der Waals surface area contributed by atoms with Crippen molar-refractivity contribution in [3.8, 4) is 0 Å². The summed E-state index contributed by atoms with van der Waals surface area (Å²) in [6.07, 6.45) is 2.40. The van der Waals surface area contributed by atoms with Crippen LogP contribution >= 0.6 is 0 Å². The maximum atomic E-state index is 10.9. The molecule has 3 unspecified atom stereocenters. The molecule has 3 atom stereocenters. The van der Waals surface area contributed by atoms with Gasteiger partial charge in [-0.05, 0) is 31.8 Å². The molecular weight excluding hydrogens is 166 g/mol. The van der Waals surface area contributed by atoms with Gasteiger partial charge in [-0.25, -0.2) is 0 Å². The molecule has 0 aromatic heterocycles. The fraction of sp³-hybridized carbons (Fsp3) is 0.889. The van der Waals surface area contributed by atoms with Gasteiger partial charge >= 0.3 is 0 Å². The summed E-state index contributed by atoms with van der Waals surface area (Å²) in [6.45, 7) is 3.23. The van der Waals surface area contributed by atoms with Crippen LogP contribution in [0.4, 0.5) is 0 Å². The number of nitrogens with two attached hydrogens (primary N) is 2. The zero-order valence-electron chi connectivity index (χ0n) is 7.83. The minimum atomic E-state index is -0.307. The third kappa shape index (κ3) is 1.56. The molecule has 1 amide bonds. The number of primary amides is 1. The summed E-state index contributed by atoms with van der Waals surface area (Å²) >= 11 is 0. The number of amides is 1. The molecule has 13 heavy (non-hydrogen) atoms. The van der Waals surface area contributed by atoms with E-state index in [1.807, 2.05) is 0 Å². The molecule has 2 heterocycles. The van der Waals surface area contributed by atoms with E-state index in [9.17, 15) is 4.79 Å². The largest absolute Gasteiger partial charge is 0.370 e. The van der Waals surface area contributed by atoms with Crippen molar-refractivity contribution < 1.29 is 4.79 Å². The summed E-state index contributed by atoms with van der Waals surface area (Å²) in [4.78, 5) is 13.3. The zero-order valence-corrected chi connectivity index (χ0v) is 7.83. The van der Waals surface area contributed by atoms with Gasteiger partial charge in [-0.15, -0.1) is 0 Å². The first-order chi connectivity index (χ1) is 6.10. The van der Waals surface area contributed by atoms with Gasteiger partial charge in [-0.2, -0.15) is 0 Å². The second-order valence-corrected chi connectivity index (χ2v) is 4.41. The highest BCUT2D eigenvalue weighted by atomic mass is 16.1. The molecule has 74 valence electrons. The standard InChI is InChI=1S/C9H17N3O/c10-8(13)5-9(11)2-4-12-3-1-7(9)6-12/h7H,1-6,11H2,(H2,10,13). The predicted molar refractivity (Wildman–Crippen MR) is 49.9 cm³/mol. The monoisotopic (exact) mass is 183 g/mol. The van der Waals surface area contributed by atoms with E-state index in [1.54, 1.807) is 0 Å². The fourth-order valence-corrected chi connectivity index (χ4v) is 2.63. The van der Waals surface area contributed by atoms with E-state index < -0.39 is 0 Å². The van der Waals surface area contributed by atoms with Gasteiger partial charge < -0.3 is 16.4 Å². The lowest BCUT2D eigenvalue weighted by molar-refractivity contribution is -0.119. The Morgan fingerprint density at radius 2 is 2.31 bits per heavy atom. The van der Waals surface area contributed by atoms with E-state index >= 15 is 0 Å². The van der Waals surface area contributed by atoms with Crippen LogP contribution in [0.15, 0.2) is 0 Å². The highest BCUT2D eigenvalue weighted by Gasteiger charge is 2.44. The Morgan fingerprint density at radius 1 is 1.54 bits per heavy atom. The van der Waals surface area contributed by atoms with Crippen molar-refractivity contribution in [1.29, 1.82) is 0 Å². The molecule has 4 nitrogen and oxygen atoms in total. The Labute approximate surface area is 78.2 Å². The van der Waals surface area contributed by atoms with Gasteiger partial charge in [-0.3, -0.25) is 4.79 Å². The van der Waals surface area contributed by atoms with Crippen molar-refractivity contribution in [2.45, 2.75) is 24.8 Å². The lowest BCUT2D eigenvalue weighted by atomic mass is 9.77. The maximum Gasteiger partial charge on any atom is 0.219 e. The molecule has 0 spiro atoms. The number of fused-ring (bicyclic) bond motifs is 2. The highest BCUT2D eigenvalue weighted by Crippen LogP contribution is 2.35. The average molecular weight is 183 g/mol. The second kappa shape index (κ2) is 2.96. The van der Waals surface area contributed by atoms with Crippen LogP contribution in [0, 0.1) is 5.92 Å². The summed E-state index contributed by atoms with van der Waals surface area (Å²) in [5.74, 6) is 0.219. The van der Waals surface area contributed by atoms with Gasteiger partial charge in [0, 0.05) is 18.5 Å². The van der Waals surface area contributed by atoms with Crippen molar-refractivity contribution in [1.82, 2.24) is 4.90 Å². The Bertz CT molecular complexity index is 231. The smallest absolute Gasteiger partial charge is 0.219 e. The van der Waals surface area contributed by atoms with Crippen LogP contribution in [-0.2, 0) is 4.79 Å². The zero-order chi connectivity index (χ0) is 9.47. The van der Waals surface area contributed by atoms with Crippen LogP contribution in [-0.4, -0.2) is 36.0 Å². The van der Waals surface area contributed by atoms with Gasteiger partial charge in [0.15, 0.2) is 0 Å². The lowest BCUT2D eigenvalue weighted by Gasteiger charge is -2.39. The van der Waals surface area contributed by atoms with Gasteiger partial charge in [0.25, 0.3) is 0 Å². The Kier molecular flexibility index (Phi) is 2.04. The minimum absolute atomic E-state index is 0.261. The molecule has 2 fully saturated rings. The first-order valence-electron chi connectivity index (χ1n) is 4.90. The van der Waals surface area contributed by atoms with Crippen LogP contribution in [0.1, 0.15) is 19.3 Å². The van der Waals surface area contributed by atoms with Gasteiger partial charge in [0.2, 0.25) is 5.91 Å². The molecule has 0 saturated carbocycles. The highest BCUT2D eigenvalue weighted by molar-refractivity contribution is 5.75. The summed E-state index contributed by atoms with van der Waals surface area (Å²) in [7, 11) is 0. The average Bonchev–Trinajstić information content (AvgIpc) is 2.42. The predicted octanol–water partition coefficient (Wildman–Crippen LogP) is -0.715. The van der Waals surface area contributed by atoms with Crippen LogP contribution in [0.5, 0.6) is 0 Å². The Balaban J connectivity index is 2.08. The van der Waals surface area contributed by atoms with E-state index in [1.165, 1.54) is 0 Å². The number of piperidine rings is 1. The van der Waals surface area contributed by atoms with Crippen molar-refractivity contribution in [3.05, 3.63) is 0 Å². The molecule has 2 rings (SSSR count). The Morgan fingerprint density at radius 3 is 3.00 bits per heavy atom. The molecule has 2 aliphatic rings. The van der Waals surface area contributed by atoms with Crippen LogP contribution < -0.4 is 11.5 Å². The number of rotatable bonds is 2. The van der Waals surface area contributed by atoms with Gasteiger partial charge in [-0.1, -0.05) is 0 Å². The van der Waals surface area contributed by atoms with Gasteiger partial charge in [0.1, 0.15) is 0 Å². The van der Waals surface area contributed by atoms with Crippen LogP contribution in [0.3, 0.4) is 0 Å². The lowest BCUT2D eigenvalue weighted by Crippen LogP contribution is -2.55. The third-order valence-corrected chi connectivity index (χ3v) is 3.48. The molecule has 0 aromatic rings. The SMILES string of the molecule is NC(=O)CC1(N)CCN2CCC1C2. The molecule has 4 N–H and O–H groups in total. The van der Waals surface area contributed by atoms with Crippen LogP contribution in [0.25, 0.3) is 0 Å². The maximum absolute atomic E-state index is 10.9. The second-order valence-electron chi connectivity index (χ2n) is 4.41. The number of hydrogen-bond acceptors (Lipinski definition) is 3. The van der Waals surface area contributed by atoms with Crippen LogP contribution in [0.2, 0.25) is 0 Å². The summed E-state index contributed by atoms with van der Waals surface area (Å²) in [6, 6.07) is 0. The van der Waals surface area contributed by atoms with E-state index in [0.717, 1.165) is 32.5 Å². The van der Waals surface area contributed by atoms with E-state index in [-0.39, 0.29) is 11.4 Å². The Hall–Kier alpha value is -0.610. The summed E-state index contributed by atoms with van der Waals surface area (Å²) in [5.41, 5.74) is 11.1. The van der Waals surface area contributed by atoms with Crippen molar-refractivity contribution in [2.75, 3.05) is 19.6 Å². The molecule has 2 aliphatic heterocycles. The minimum Gasteiger partial charge on any atom is -0.370 e. The summed E-state index contributed by atoms with van der Waals surface area (Å²) in [5, 5.41) is 0. The fourth-order valence-electron chi connectivity index (χ4n) is 2.63. The molecular formula is C9H17N3O.